The number of carbonyl (C=O) groups is 1. The third-order valence-corrected chi connectivity index (χ3v) is 3.02. The molecule has 0 bridgehead atoms. The first-order valence-corrected chi connectivity index (χ1v) is 8.08. The van der Waals surface area contributed by atoms with Crippen molar-refractivity contribution in [3.05, 3.63) is 48.1 Å². The predicted octanol–water partition coefficient (Wildman–Crippen LogP) is 2.82. The maximum atomic E-state index is 11.5. The third kappa shape index (κ3) is 9.82. The van der Waals surface area contributed by atoms with Gasteiger partial charge in [-0.15, -0.1) is 0 Å². The first-order valence-electron chi connectivity index (χ1n) is 8.08. The van der Waals surface area contributed by atoms with E-state index in [9.17, 15) is 4.79 Å². The van der Waals surface area contributed by atoms with E-state index in [-0.39, 0.29) is 12.6 Å². The molecule has 1 N–H and O–H groups in total. The van der Waals surface area contributed by atoms with Crippen LogP contribution in [0.4, 0.5) is 0 Å². The van der Waals surface area contributed by atoms with Crippen molar-refractivity contribution in [1.29, 1.82) is 0 Å². The van der Waals surface area contributed by atoms with Gasteiger partial charge in [-0.2, -0.15) is 0 Å². The van der Waals surface area contributed by atoms with Gasteiger partial charge in [-0.05, 0) is 17.7 Å². The Morgan fingerprint density at radius 2 is 1.88 bits per heavy atom. The lowest BCUT2D eigenvalue weighted by molar-refractivity contribution is -0.139. The smallest absolute Gasteiger partial charge is 0.330 e. The molecule has 5 nitrogen and oxygen atoms in total. The zero-order chi connectivity index (χ0) is 17.6. The second kappa shape index (κ2) is 12.3. The average Bonchev–Trinajstić information content (AvgIpc) is 2.58. The van der Waals surface area contributed by atoms with Crippen molar-refractivity contribution < 1.29 is 19.0 Å². The molecule has 0 amide bonds. The van der Waals surface area contributed by atoms with Crippen LogP contribution in [0.25, 0.3) is 6.08 Å². The number of methoxy groups -OCH3 is 1. The third-order valence-electron chi connectivity index (χ3n) is 3.02. The van der Waals surface area contributed by atoms with Crippen LogP contribution in [0.15, 0.2) is 42.5 Å². The summed E-state index contributed by atoms with van der Waals surface area (Å²) in [5, 5.41) is 3.24. The number of benzene rings is 1. The highest BCUT2D eigenvalue weighted by Crippen LogP contribution is 2.12. The van der Waals surface area contributed by atoms with Gasteiger partial charge in [0, 0.05) is 18.7 Å². The van der Waals surface area contributed by atoms with E-state index in [1.807, 2.05) is 30.3 Å². The van der Waals surface area contributed by atoms with Crippen LogP contribution in [-0.2, 0) is 14.3 Å². The van der Waals surface area contributed by atoms with Gasteiger partial charge in [0.15, 0.2) is 0 Å². The molecule has 5 heteroatoms. The number of hydrogen-bond acceptors (Lipinski definition) is 5. The molecule has 0 spiro atoms. The van der Waals surface area contributed by atoms with Crippen LogP contribution in [0, 0.1) is 0 Å². The van der Waals surface area contributed by atoms with Crippen molar-refractivity contribution in [3.8, 4) is 5.75 Å². The largest absolute Gasteiger partial charge is 0.497 e. The van der Waals surface area contributed by atoms with Gasteiger partial charge in [0.05, 0.1) is 20.3 Å². The van der Waals surface area contributed by atoms with E-state index < -0.39 is 0 Å². The maximum Gasteiger partial charge on any atom is 0.330 e. The Labute approximate surface area is 144 Å². The lowest BCUT2D eigenvalue weighted by Crippen LogP contribution is -2.27. The van der Waals surface area contributed by atoms with Gasteiger partial charge >= 0.3 is 5.97 Å². The highest BCUT2D eigenvalue weighted by Gasteiger charge is 1.96. The Hall–Kier alpha value is -2.11. The Bertz CT molecular complexity index is 521. The summed E-state index contributed by atoms with van der Waals surface area (Å²) >= 11 is 0. The number of hydrogen-bond donors (Lipinski definition) is 1. The Kier molecular flexibility index (Phi) is 10.2. The molecular formula is C19H27NO4. The molecular weight excluding hydrogens is 306 g/mol. The molecule has 0 heterocycles. The minimum Gasteiger partial charge on any atom is -0.497 e. The van der Waals surface area contributed by atoms with Gasteiger partial charge in [-0.3, -0.25) is 0 Å². The fraction of sp³-hybridized carbons (Fsp3) is 0.421. The van der Waals surface area contributed by atoms with E-state index in [2.05, 4.69) is 19.2 Å². The maximum absolute atomic E-state index is 11.5. The summed E-state index contributed by atoms with van der Waals surface area (Å²) in [6.07, 6.45) is 6.73. The van der Waals surface area contributed by atoms with Crippen LogP contribution >= 0.6 is 0 Å². The standard InChI is InChI=1S/C19H27NO4/c1-16(2)20-12-13-23-14-15-24-19(21)7-5-4-6-17-8-10-18(22-3)11-9-17/h4-11,16,20H,12-15H2,1-3H3/b6-4+,7-5+. The Morgan fingerprint density at radius 1 is 1.12 bits per heavy atom. The van der Waals surface area contributed by atoms with Crippen LogP contribution in [-0.4, -0.2) is 45.5 Å². The SMILES string of the molecule is COc1ccc(/C=C/C=C/C(=O)OCCOCCNC(C)C)cc1. The Morgan fingerprint density at radius 3 is 2.54 bits per heavy atom. The molecule has 132 valence electrons. The minimum absolute atomic E-state index is 0.257. The molecule has 0 unspecified atom stereocenters. The molecule has 1 rings (SSSR count). The molecule has 0 aliphatic carbocycles. The fourth-order valence-electron chi connectivity index (χ4n) is 1.79. The molecule has 24 heavy (non-hydrogen) atoms. The molecule has 1 aromatic rings. The monoisotopic (exact) mass is 333 g/mol. The number of carbonyl (C=O) groups excluding carboxylic acids is 1. The van der Waals surface area contributed by atoms with E-state index in [1.165, 1.54) is 6.08 Å². The van der Waals surface area contributed by atoms with Crippen molar-refractivity contribution in [2.45, 2.75) is 19.9 Å². The lowest BCUT2D eigenvalue weighted by atomic mass is 10.2. The number of esters is 1. The molecule has 0 fully saturated rings. The van der Waals surface area contributed by atoms with Gasteiger partial charge in [-0.1, -0.05) is 44.2 Å². The number of allylic oxidation sites excluding steroid dienone is 2. The van der Waals surface area contributed by atoms with Crippen LogP contribution in [0.2, 0.25) is 0 Å². The molecule has 0 aliphatic heterocycles. The summed E-state index contributed by atoms with van der Waals surface area (Å²) in [5.41, 5.74) is 1.03. The summed E-state index contributed by atoms with van der Waals surface area (Å²) in [6.45, 7) is 6.22. The quantitative estimate of drug-likeness (QED) is 0.292. The lowest BCUT2D eigenvalue weighted by Gasteiger charge is -2.08. The molecule has 0 radical (unpaired) electrons. The zero-order valence-electron chi connectivity index (χ0n) is 14.7. The second-order valence-electron chi connectivity index (χ2n) is 5.38. The summed E-state index contributed by atoms with van der Waals surface area (Å²) in [7, 11) is 1.63. The molecule has 0 aromatic heterocycles. The van der Waals surface area contributed by atoms with E-state index in [0.717, 1.165) is 17.9 Å². The summed E-state index contributed by atoms with van der Waals surface area (Å²) in [6, 6.07) is 8.09. The van der Waals surface area contributed by atoms with Crippen LogP contribution in [0.3, 0.4) is 0 Å². The van der Waals surface area contributed by atoms with Crippen molar-refractivity contribution >= 4 is 12.0 Å². The van der Waals surface area contributed by atoms with E-state index in [1.54, 1.807) is 19.3 Å². The summed E-state index contributed by atoms with van der Waals surface area (Å²) in [5.74, 6) is 0.437. The average molecular weight is 333 g/mol. The van der Waals surface area contributed by atoms with E-state index >= 15 is 0 Å². The van der Waals surface area contributed by atoms with Crippen LogP contribution in [0.5, 0.6) is 5.75 Å². The van der Waals surface area contributed by atoms with Gasteiger partial charge in [0.25, 0.3) is 0 Å². The highest BCUT2D eigenvalue weighted by atomic mass is 16.6. The van der Waals surface area contributed by atoms with Gasteiger partial charge in [0.1, 0.15) is 12.4 Å². The normalized spacial score (nSPS) is 11.5. The molecule has 0 atom stereocenters. The Balaban J connectivity index is 2.13. The van der Waals surface area contributed by atoms with Crippen molar-refractivity contribution in [2.24, 2.45) is 0 Å². The second-order valence-corrected chi connectivity index (χ2v) is 5.38. The van der Waals surface area contributed by atoms with Crippen molar-refractivity contribution in [1.82, 2.24) is 5.32 Å². The molecule has 0 saturated heterocycles. The van der Waals surface area contributed by atoms with Gasteiger partial charge in [-0.25, -0.2) is 4.79 Å². The van der Waals surface area contributed by atoms with E-state index in [0.29, 0.717) is 19.3 Å². The summed E-state index contributed by atoms with van der Waals surface area (Å²) < 4.78 is 15.5. The van der Waals surface area contributed by atoms with E-state index in [4.69, 9.17) is 14.2 Å². The predicted molar refractivity (Wildman–Crippen MR) is 96.1 cm³/mol. The van der Waals surface area contributed by atoms with Crippen molar-refractivity contribution in [3.63, 3.8) is 0 Å². The zero-order valence-corrected chi connectivity index (χ0v) is 14.7. The minimum atomic E-state index is -0.377. The fourth-order valence-corrected chi connectivity index (χ4v) is 1.79. The van der Waals surface area contributed by atoms with Crippen LogP contribution in [0.1, 0.15) is 19.4 Å². The van der Waals surface area contributed by atoms with Gasteiger partial charge < -0.3 is 19.5 Å². The first kappa shape index (κ1) is 19.9. The molecule has 0 saturated carbocycles. The summed E-state index contributed by atoms with van der Waals surface area (Å²) in [4.78, 5) is 11.5. The topological polar surface area (TPSA) is 56.8 Å². The first-order chi connectivity index (χ1) is 11.6. The number of nitrogens with one attached hydrogen (secondary N) is 1. The molecule has 1 aromatic carbocycles. The molecule has 0 aliphatic rings. The number of ether oxygens (including phenoxy) is 3. The van der Waals surface area contributed by atoms with Crippen LogP contribution < -0.4 is 10.1 Å². The van der Waals surface area contributed by atoms with Crippen molar-refractivity contribution in [2.75, 3.05) is 33.5 Å². The number of rotatable bonds is 11. The van der Waals surface area contributed by atoms with Gasteiger partial charge in [0.2, 0.25) is 0 Å². The highest BCUT2D eigenvalue weighted by molar-refractivity contribution is 5.82.